The van der Waals surface area contributed by atoms with E-state index in [-0.39, 0.29) is 0 Å². The molecular formula is C36H29NO3P2. The molecule has 42 heavy (non-hydrogen) atoms. The molecule has 0 amide bonds. The number of para-hydroxylation sites is 1. The van der Waals surface area contributed by atoms with Gasteiger partial charge >= 0.3 is 5.97 Å². The van der Waals surface area contributed by atoms with Crippen molar-refractivity contribution in [3.63, 3.8) is 0 Å². The van der Waals surface area contributed by atoms with E-state index >= 15 is 4.57 Å². The summed E-state index contributed by atoms with van der Waals surface area (Å²) < 4.78 is 21.7. The number of nitrogens with zero attached hydrogens (tertiary/aromatic N) is 1. The van der Waals surface area contributed by atoms with Crippen molar-refractivity contribution < 1.29 is 14.1 Å². The summed E-state index contributed by atoms with van der Waals surface area (Å²) in [6, 6.07) is 48.8. The molecule has 4 nitrogen and oxygen atoms in total. The maximum Gasteiger partial charge on any atom is 0.340 e. The van der Waals surface area contributed by atoms with E-state index in [1.165, 1.54) is 7.11 Å². The Morgan fingerprint density at radius 1 is 0.619 bits per heavy atom. The van der Waals surface area contributed by atoms with Crippen molar-refractivity contribution >= 4 is 57.6 Å². The first kappa shape index (κ1) is 27.7. The minimum absolute atomic E-state index is 0.324. The van der Waals surface area contributed by atoms with Crippen LogP contribution in [0.3, 0.4) is 0 Å². The summed E-state index contributed by atoms with van der Waals surface area (Å²) in [6.45, 7) is -2.87. The van der Waals surface area contributed by atoms with Crippen molar-refractivity contribution in [2.45, 2.75) is 0 Å². The van der Waals surface area contributed by atoms with Gasteiger partial charge in [-0.05, 0) is 35.4 Å². The van der Waals surface area contributed by atoms with E-state index in [1.54, 1.807) is 0 Å². The molecule has 0 aliphatic carbocycles. The van der Waals surface area contributed by atoms with Gasteiger partial charge in [-0.25, -0.2) is 9.79 Å². The van der Waals surface area contributed by atoms with Crippen molar-refractivity contribution in [3.8, 4) is 0 Å². The van der Waals surface area contributed by atoms with E-state index < -0.39 is 20.0 Å². The third-order valence-corrected chi connectivity index (χ3v) is 15.8. The molecule has 0 N–H and O–H groups in total. The summed E-state index contributed by atoms with van der Waals surface area (Å²) in [6.07, 6.45) is 0. The average molecular weight is 586 g/mol. The molecule has 1 aliphatic rings. The van der Waals surface area contributed by atoms with E-state index in [9.17, 15) is 4.79 Å². The van der Waals surface area contributed by atoms with Crippen LogP contribution in [0.1, 0.15) is 0 Å². The van der Waals surface area contributed by atoms with E-state index in [1.807, 2.05) is 133 Å². The van der Waals surface area contributed by atoms with Gasteiger partial charge in [0, 0.05) is 10.6 Å². The first-order valence-corrected chi connectivity index (χ1v) is 17.2. The molecule has 1 aliphatic heterocycles. The van der Waals surface area contributed by atoms with Gasteiger partial charge in [-0.1, -0.05) is 140 Å². The molecule has 0 radical (unpaired) electrons. The Bertz CT molecular complexity index is 1800. The molecule has 0 spiro atoms. The van der Waals surface area contributed by atoms with Crippen LogP contribution in [0.4, 0.5) is 5.69 Å². The Hall–Kier alpha value is -4.49. The third kappa shape index (κ3) is 4.73. The minimum atomic E-state index is -3.63. The number of rotatable bonds is 7. The van der Waals surface area contributed by atoms with Crippen LogP contribution in [-0.2, 0) is 14.1 Å². The van der Waals surface area contributed by atoms with Gasteiger partial charge in [-0.15, -0.1) is 0 Å². The van der Waals surface area contributed by atoms with Crippen LogP contribution >= 0.6 is 14.0 Å². The zero-order valence-electron chi connectivity index (χ0n) is 23.1. The molecule has 0 saturated carbocycles. The molecule has 0 bridgehead atoms. The quantitative estimate of drug-likeness (QED) is 0.159. The molecule has 6 heteroatoms. The molecule has 0 atom stereocenters. The van der Waals surface area contributed by atoms with Crippen LogP contribution in [0, 0.1) is 0 Å². The lowest BCUT2D eigenvalue weighted by molar-refractivity contribution is -0.135. The number of hydrogen-bond donors (Lipinski definition) is 0. The van der Waals surface area contributed by atoms with Crippen molar-refractivity contribution in [1.82, 2.24) is 0 Å². The number of ether oxygens (including phenoxy) is 1. The number of aliphatic imine (C=N–C) groups is 1. The maximum atomic E-state index is 16.4. The summed E-state index contributed by atoms with van der Waals surface area (Å²) >= 11 is 0. The van der Waals surface area contributed by atoms with Gasteiger partial charge in [-0.2, -0.15) is 0 Å². The van der Waals surface area contributed by atoms with Crippen molar-refractivity contribution in [2.24, 2.45) is 4.99 Å². The SMILES string of the molecule is COC(=O)C1=CP(c2ccccc2)(c2ccccc2)=C(P(=O)(c2ccccc2)c2ccccc2)C1=Nc1ccccc1. The fourth-order valence-corrected chi connectivity index (χ4v) is 14.9. The largest absolute Gasteiger partial charge is 0.465 e. The number of carbonyl (C=O) groups is 1. The van der Waals surface area contributed by atoms with Crippen LogP contribution in [0.2, 0.25) is 0 Å². The smallest absolute Gasteiger partial charge is 0.340 e. The predicted molar refractivity (Wildman–Crippen MR) is 177 cm³/mol. The Morgan fingerprint density at radius 2 is 1.02 bits per heavy atom. The lowest BCUT2D eigenvalue weighted by Crippen LogP contribution is -2.31. The first-order valence-electron chi connectivity index (χ1n) is 13.6. The second-order valence-electron chi connectivity index (χ2n) is 9.83. The zero-order valence-corrected chi connectivity index (χ0v) is 24.9. The topological polar surface area (TPSA) is 55.7 Å². The van der Waals surface area contributed by atoms with Crippen LogP contribution in [0.5, 0.6) is 0 Å². The maximum absolute atomic E-state index is 16.4. The monoisotopic (exact) mass is 585 g/mol. The third-order valence-electron chi connectivity index (χ3n) is 7.39. The van der Waals surface area contributed by atoms with E-state index in [2.05, 4.69) is 24.3 Å². The lowest BCUT2D eigenvalue weighted by atomic mass is 10.2. The molecule has 0 fully saturated rings. The molecule has 1 heterocycles. The Kier molecular flexibility index (Phi) is 7.76. The van der Waals surface area contributed by atoms with Crippen molar-refractivity contribution in [3.05, 3.63) is 163 Å². The summed E-state index contributed by atoms with van der Waals surface area (Å²) in [7, 11) is -2.25. The highest BCUT2D eigenvalue weighted by Crippen LogP contribution is 2.64. The molecule has 0 unspecified atom stereocenters. The van der Waals surface area contributed by atoms with Crippen molar-refractivity contribution in [2.75, 3.05) is 7.11 Å². The van der Waals surface area contributed by atoms with Gasteiger partial charge in [-0.3, -0.25) is 0 Å². The van der Waals surface area contributed by atoms with Gasteiger partial charge in [0.05, 0.1) is 29.1 Å². The Labute approximate surface area is 246 Å². The molecule has 206 valence electrons. The number of hydrogen-bond acceptors (Lipinski definition) is 4. The fraction of sp³-hybridized carbons (Fsp3) is 0.0278. The zero-order chi connectivity index (χ0) is 29.0. The van der Waals surface area contributed by atoms with Gasteiger partial charge in [0.1, 0.15) is 0 Å². The highest BCUT2D eigenvalue weighted by atomic mass is 31.2. The van der Waals surface area contributed by atoms with Crippen LogP contribution in [0.15, 0.2) is 168 Å². The molecule has 5 aromatic rings. The normalized spacial score (nSPS) is 15.3. The highest BCUT2D eigenvalue weighted by Gasteiger charge is 2.48. The minimum Gasteiger partial charge on any atom is -0.465 e. The molecule has 5 aromatic carbocycles. The standard InChI is InChI=1S/C36H29NO3P2/c1-40-35(38)33-27-41(29-19-9-3-10-20-29,30-21-11-4-12-22-30)36(34(33)37-28-17-7-2-8-18-28)42(39,31-23-13-5-14-24-31)32-25-15-6-16-26-32/h2-27H,1H3. The summed E-state index contributed by atoms with van der Waals surface area (Å²) in [5.41, 5.74) is 1.39. The van der Waals surface area contributed by atoms with Crippen LogP contribution < -0.4 is 21.2 Å². The van der Waals surface area contributed by atoms with Crippen molar-refractivity contribution in [1.29, 1.82) is 0 Å². The van der Waals surface area contributed by atoms with Gasteiger partial charge in [0.15, 0.2) is 7.14 Å². The molecular weight excluding hydrogens is 556 g/mol. The van der Waals surface area contributed by atoms with E-state index in [4.69, 9.17) is 9.73 Å². The number of carbonyl (C=O) groups excluding carboxylic acids is 1. The highest BCUT2D eigenvalue weighted by molar-refractivity contribution is 8.13. The Balaban J connectivity index is 1.89. The summed E-state index contributed by atoms with van der Waals surface area (Å²) in [5, 5.41) is 4.00. The lowest BCUT2D eigenvalue weighted by Gasteiger charge is -2.31. The van der Waals surface area contributed by atoms with Gasteiger partial charge in [0.2, 0.25) is 0 Å². The van der Waals surface area contributed by atoms with E-state index in [0.29, 0.717) is 32.6 Å². The Morgan fingerprint density at radius 3 is 1.45 bits per heavy atom. The average Bonchev–Trinajstić information content (AvgIpc) is 3.42. The molecule has 0 aromatic heterocycles. The number of methoxy groups -OCH3 is 1. The summed E-state index contributed by atoms with van der Waals surface area (Å²) in [5.74, 6) is 1.50. The van der Waals surface area contributed by atoms with Crippen LogP contribution in [-0.4, -0.2) is 23.8 Å². The van der Waals surface area contributed by atoms with Gasteiger partial charge in [0.25, 0.3) is 0 Å². The van der Waals surface area contributed by atoms with E-state index in [0.717, 1.165) is 10.6 Å². The number of esters is 1. The second kappa shape index (κ2) is 11.8. The summed E-state index contributed by atoms with van der Waals surface area (Å²) in [4.78, 5) is 18.8. The second-order valence-corrected chi connectivity index (χ2v) is 16.1. The van der Waals surface area contributed by atoms with Crippen LogP contribution in [0.25, 0.3) is 0 Å². The number of benzene rings is 5. The fourth-order valence-electron chi connectivity index (χ4n) is 5.51. The molecule has 6 rings (SSSR count). The van der Waals surface area contributed by atoms with Gasteiger partial charge < -0.3 is 9.30 Å². The first-order chi connectivity index (χ1) is 20.6. The molecule has 0 saturated heterocycles. The predicted octanol–water partition coefficient (Wildman–Crippen LogP) is 6.64.